The van der Waals surface area contributed by atoms with Crippen LogP contribution in [0, 0.1) is 0 Å². The number of carbonyl (C=O) groups excluding carboxylic acids is 2. The molecule has 1 saturated heterocycles. The predicted octanol–water partition coefficient (Wildman–Crippen LogP) is 2.20. The zero-order valence-corrected chi connectivity index (χ0v) is 19.3. The number of para-hydroxylation sites is 1. The molecule has 0 unspecified atom stereocenters. The third-order valence-corrected chi connectivity index (χ3v) is 7.35. The predicted molar refractivity (Wildman–Crippen MR) is 127 cm³/mol. The number of anilines is 1. The number of benzene rings is 2. The molecule has 2 aromatic carbocycles. The van der Waals surface area contributed by atoms with Gasteiger partial charge in [-0.15, -0.1) is 5.10 Å². The van der Waals surface area contributed by atoms with E-state index in [0.29, 0.717) is 44.1 Å². The van der Waals surface area contributed by atoms with E-state index in [-0.39, 0.29) is 24.8 Å². The fourth-order valence-electron chi connectivity index (χ4n) is 5.89. The summed E-state index contributed by atoms with van der Waals surface area (Å²) in [6, 6.07) is 15.0. The molecule has 9 heteroatoms. The van der Waals surface area contributed by atoms with Crippen LogP contribution in [0.25, 0.3) is 0 Å². The molecule has 1 fully saturated rings. The number of amides is 2. The Kier molecular flexibility index (Phi) is 5.29. The van der Waals surface area contributed by atoms with Gasteiger partial charge in [-0.1, -0.05) is 35.5 Å². The van der Waals surface area contributed by atoms with Crippen molar-refractivity contribution in [2.24, 2.45) is 0 Å². The van der Waals surface area contributed by atoms with Gasteiger partial charge in [0.2, 0.25) is 11.8 Å². The third kappa shape index (κ3) is 3.41. The molecule has 3 aliphatic rings. The normalized spacial score (nSPS) is 23.2. The first-order valence-electron chi connectivity index (χ1n) is 12.1. The highest BCUT2D eigenvalue weighted by Gasteiger charge is 2.61. The Morgan fingerprint density at radius 3 is 2.94 bits per heavy atom. The SMILES string of the molecule is O=C(CCO)N1CC[C@]23C(=O)N(Cc4cn(nn4)CCCOc4cccc(c4)[C@H]12)c1ccccc13. The Morgan fingerprint density at radius 1 is 1.17 bits per heavy atom. The average Bonchev–Trinajstić information content (AvgIpc) is 3.55. The number of rotatable bonds is 2. The number of hydrogen-bond donors (Lipinski definition) is 1. The lowest BCUT2D eigenvalue weighted by Gasteiger charge is -2.35. The van der Waals surface area contributed by atoms with Gasteiger partial charge in [-0.25, -0.2) is 0 Å². The van der Waals surface area contributed by atoms with Gasteiger partial charge in [-0.05, 0) is 35.7 Å². The summed E-state index contributed by atoms with van der Waals surface area (Å²) in [5.74, 6) is 0.493. The molecule has 3 aromatic rings. The number of nitrogens with zero attached hydrogens (tertiary/aromatic N) is 5. The van der Waals surface area contributed by atoms with Crippen molar-refractivity contribution in [3.8, 4) is 5.75 Å². The van der Waals surface area contributed by atoms with Crippen LogP contribution in [-0.4, -0.2) is 56.6 Å². The number of carbonyl (C=O) groups is 2. The number of hydrogen-bond acceptors (Lipinski definition) is 6. The van der Waals surface area contributed by atoms with Crippen LogP contribution in [0.3, 0.4) is 0 Å². The van der Waals surface area contributed by atoms with Gasteiger partial charge in [0.25, 0.3) is 0 Å². The van der Waals surface area contributed by atoms with Gasteiger partial charge < -0.3 is 19.6 Å². The maximum Gasteiger partial charge on any atom is 0.240 e. The molecule has 1 aromatic heterocycles. The smallest absolute Gasteiger partial charge is 0.240 e. The molecular formula is C26H27N5O4. The van der Waals surface area contributed by atoms with Gasteiger partial charge in [-0.2, -0.15) is 0 Å². The molecule has 35 heavy (non-hydrogen) atoms. The highest BCUT2D eigenvalue weighted by molar-refractivity contribution is 6.09. The number of ether oxygens (including phenoxy) is 1. The zero-order chi connectivity index (χ0) is 24.0. The Hall–Kier alpha value is -3.72. The minimum Gasteiger partial charge on any atom is -0.494 e. The van der Waals surface area contributed by atoms with Gasteiger partial charge in [0.15, 0.2) is 0 Å². The van der Waals surface area contributed by atoms with Crippen molar-refractivity contribution in [3.05, 3.63) is 71.5 Å². The lowest BCUT2D eigenvalue weighted by Crippen LogP contribution is -2.45. The topological polar surface area (TPSA) is 101 Å². The molecule has 0 radical (unpaired) electrons. The van der Waals surface area contributed by atoms with E-state index in [1.807, 2.05) is 54.7 Å². The first-order valence-corrected chi connectivity index (χ1v) is 12.1. The molecule has 0 saturated carbocycles. The summed E-state index contributed by atoms with van der Waals surface area (Å²) in [5.41, 5.74) is 2.39. The summed E-state index contributed by atoms with van der Waals surface area (Å²) in [4.78, 5) is 31.1. The van der Waals surface area contributed by atoms with E-state index in [2.05, 4.69) is 10.3 Å². The second-order valence-electron chi connectivity index (χ2n) is 9.34. The largest absolute Gasteiger partial charge is 0.494 e. The standard InChI is InChI=1S/C26H27N5O4/c32-13-9-23(33)30-12-10-26-21-7-1-2-8-22(21)31(25(26)34)17-19-16-29(28-27-19)11-4-14-35-20-6-3-5-18(15-20)24(26)30/h1-3,5-8,15-16,24,32H,4,9-14,17H2/t24-,26+/m0/s1. The molecule has 1 spiro atoms. The van der Waals surface area contributed by atoms with Crippen molar-refractivity contribution in [1.82, 2.24) is 19.9 Å². The Morgan fingerprint density at radius 2 is 2.06 bits per heavy atom. The lowest BCUT2D eigenvalue weighted by molar-refractivity contribution is -0.134. The summed E-state index contributed by atoms with van der Waals surface area (Å²) < 4.78 is 7.82. The Bertz CT molecular complexity index is 1290. The van der Waals surface area contributed by atoms with Crippen LogP contribution in [-0.2, 0) is 28.1 Å². The molecule has 2 amide bonds. The minimum atomic E-state index is -0.934. The van der Waals surface area contributed by atoms with Crippen LogP contribution in [0.15, 0.2) is 54.7 Å². The van der Waals surface area contributed by atoms with E-state index >= 15 is 0 Å². The molecular weight excluding hydrogens is 446 g/mol. The lowest BCUT2D eigenvalue weighted by atomic mass is 9.72. The van der Waals surface area contributed by atoms with E-state index in [1.54, 1.807) is 14.5 Å². The number of aliphatic hydroxyl groups excluding tert-OH is 1. The maximum absolute atomic E-state index is 14.4. The van der Waals surface area contributed by atoms with Gasteiger partial charge in [0.1, 0.15) is 16.9 Å². The monoisotopic (exact) mass is 473 g/mol. The third-order valence-electron chi connectivity index (χ3n) is 7.35. The highest BCUT2D eigenvalue weighted by atomic mass is 16.5. The molecule has 4 heterocycles. The molecule has 0 aliphatic carbocycles. The number of likely N-dealkylation sites (tertiary alicyclic amines) is 1. The van der Waals surface area contributed by atoms with Gasteiger partial charge in [0.05, 0.1) is 32.0 Å². The highest BCUT2D eigenvalue weighted by Crippen LogP contribution is 2.57. The Labute approximate surface area is 202 Å². The van der Waals surface area contributed by atoms with E-state index in [0.717, 1.165) is 23.2 Å². The molecule has 1 N–H and O–H groups in total. The fourth-order valence-corrected chi connectivity index (χ4v) is 5.89. The summed E-state index contributed by atoms with van der Waals surface area (Å²) in [6.07, 6.45) is 3.15. The summed E-state index contributed by atoms with van der Waals surface area (Å²) in [6.45, 7) is 1.68. The molecule has 6 rings (SSSR count). The maximum atomic E-state index is 14.4. The molecule has 6 bridgehead atoms. The van der Waals surface area contributed by atoms with Crippen molar-refractivity contribution in [2.45, 2.75) is 43.8 Å². The summed E-state index contributed by atoms with van der Waals surface area (Å²) in [7, 11) is 0. The molecule has 2 atom stereocenters. The van der Waals surface area contributed by atoms with Crippen molar-refractivity contribution in [2.75, 3.05) is 24.7 Å². The first-order chi connectivity index (χ1) is 17.1. The average molecular weight is 474 g/mol. The van der Waals surface area contributed by atoms with Gasteiger partial charge in [0, 0.05) is 31.6 Å². The molecule has 9 nitrogen and oxygen atoms in total. The van der Waals surface area contributed by atoms with E-state index in [1.165, 1.54) is 0 Å². The van der Waals surface area contributed by atoms with Crippen LogP contribution in [0.2, 0.25) is 0 Å². The number of aliphatic hydroxyl groups is 1. The molecule has 180 valence electrons. The zero-order valence-electron chi connectivity index (χ0n) is 19.3. The fraction of sp³-hybridized carbons (Fsp3) is 0.385. The van der Waals surface area contributed by atoms with E-state index < -0.39 is 11.5 Å². The minimum absolute atomic E-state index is 0.0193. The van der Waals surface area contributed by atoms with Crippen LogP contribution < -0.4 is 9.64 Å². The van der Waals surface area contributed by atoms with Crippen LogP contribution >= 0.6 is 0 Å². The van der Waals surface area contributed by atoms with E-state index in [9.17, 15) is 14.7 Å². The van der Waals surface area contributed by atoms with Crippen LogP contribution in [0.5, 0.6) is 5.75 Å². The second-order valence-corrected chi connectivity index (χ2v) is 9.34. The van der Waals surface area contributed by atoms with Crippen LogP contribution in [0.4, 0.5) is 5.69 Å². The van der Waals surface area contributed by atoms with Crippen molar-refractivity contribution in [3.63, 3.8) is 0 Å². The number of fused-ring (bicyclic) bond motifs is 8. The van der Waals surface area contributed by atoms with Gasteiger partial charge >= 0.3 is 0 Å². The van der Waals surface area contributed by atoms with E-state index in [4.69, 9.17) is 4.74 Å². The summed E-state index contributed by atoms with van der Waals surface area (Å²) in [5, 5.41) is 18.0. The number of aryl methyl sites for hydroxylation is 1. The second kappa shape index (κ2) is 8.49. The first kappa shape index (κ1) is 21.8. The number of aromatic nitrogens is 3. The Balaban J connectivity index is 1.55. The summed E-state index contributed by atoms with van der Waals surface area (Å²) >= 11 is 0. The van der Waals surface area contributed by atoms with Crippen LogP contribution in [0.1, 0.15) is 42.1 Å². The van der Waals surface area contributed by atoms with Crippen molar-refractivity contribution >= 4 is 17.5 Å². The van der Waals surface area contributed by atoms with Crippen molar-refractivity contribution in [1.29, 1.82) is 0 Å². The van der Waals surface area contributed by atoms with Crippen molar-refractivity contribution < 1.29 is 19.4 Å². The van der Waals surface area contributed by atoms with Gasteiger partial charge in [-0.3, -0.25) is 14.3 Å². The molecule has 3 aliphatic heterocycles. The quantitative estimate of drug-likeness (QED) is 0.613.